The number of unbranched alkanes of at least 4 members (excludes halogenated alkanes) is 3. The van der Waals surface area contributed by atoms with Gasteiger partial charge in [-0.05, 0) is 26.2 Å². The molecule has 0 saturated heterocycles. The SMILES string of the molecule is CC#CCCCCCF. The molecule has 0 radical (unpaired) electrons. The van der Waals surface area contributed by atoms with Crippen LogP contribution in [0, 0.1) is 11.8 Å². The molecule has 0 amide bonds. The summed E-state index contributed by atoms with van der Waals surface area (Å²) in [6.45, 7) is 1.65. The number of hydrogen-bond acceptors (Lipinski definition) is 0. The zero-order valence-electron chi connectivity index (χ0n) is 5.91. The Morgan fingerprint density at radius 1 is 1.22 bits per heavy atom. The number of halogens is 1. The monoisotopic (exact) mass is 128 g/mol. The fourth-order valence-electron chi connectivity index (χ4n) is 0.610. The van der Waals surface area contributed by atoms with Gasteiger partial charge in [0.05, 0.1) is 6.67 Å². The summed E-state index contributed by atoms with van der Waals surface area (Å²) in [4.78, 5) is 0. The highest BCUT2D eigenvalue weighted by Crippen LogP contribution is 1.97. The molecular weight excluding hydrogens is 115 g/mol. The van der Waals surface area contributed by atoms with Crippen molar-refractivity contribution >= 4 is 0 Å². The molecule has 0 unspecified atom stereocenters. The second kappa shape index (κ2) is 7.49. The van der Waals surface area contributed by atoms with Crippen LogP contribution in [0.1, 0.15) is 32.6 Å². The van der Waals surface area contributed by atoms with Gasteiger partial charge >= 0.3 is 0 Å². The summed E-state index contributed by atoms with van der Waals surface area (Å²) in [5, 5.41) is 0. The van der Waals surface area contributed by atoms with Gasteiger partial charge in [0.2, 0.25) is 0 Å². The van der Waals surface area contributed by atoms with Gasteiger partial charge in [-0.15, -0.1) is 11.8 Å². The van der Waals surface area contributed by atoms with Crippen LogP contribution in [0.4, 0.5) is 4.39 Å². The second-order valence-electron chi connectivity index (χ2n) is 1.93. The predicted molar refractivity (Wildman–Crippen MR) is 37.9 cm³/mol. The van der Waals surface area contributed by atoms with Gasteiger partial charge in [0.15, 0.2) is 0 Å². The van der Waals surface area contributed by atoms with Crippen molar-refractivity contribution in [2.24, 2.45) is 0 Å². The Balaban J connectivity index is 2.80. The van der Waals surface area contributed by atoms with Gasteiger partial charge in [-0.2, -0.15) is 0 Å². The average molecular weight is 128 g/mol. The van der Waals surface area contributed by atoms with Crippen LogP contribution in [0.15, 0.2) is 0 Å². The Labute approximate surface area is 56.5 Å². The van der Waals surface area contributed by atoms with Crippen LogP contribution in [-0.2, 0) is 0 Å². The third kappa shape index (κ3) is 7.49. The van der Waals surface area contributed by atoms with E-state index >= 15 is 0 Å². The van der Waals surface area contributed by atoms with Gasteiger partial charge < -0.3 is 0 Å². The molecule has 0 aromatic carbocycles. The average Bonchev–Trinajstić information content (AvgIpc) is 1.89. The van der Waals surface area contributed by atoms with Crippen molar-refractivity contribution in [3.63, 3.8) is 0 Å². The summed E-state index contributed by atoms with van der Waals surface area (Å²) >= 11 is 0. The molecule has 0 aliphatic rings. The van der Waals surface area contributed by atoms with Crippen LogP contribution in [0.2, 0.25) is 0 Å². The van der Waals surface area contributed by atoms with Gasteiger partial charge in [0, 0.05) is 6.42 Å². The van der Waals surface area contributed by atoms with Gasteiger partial charge in [0.1, 0.15) is 0 Å². The topological polar surface area (TPSA) is 0 Å². The van der Waals surface area contributed by atoms with E-state index in [0.29, 0.717) is 6.42 Å². The molecule has 0 rings (SSSR count). The smallest absolute Gasteiger partial charge is 0.0894 e. The molecular formula is C8H13F. The van der Waals surface area contributed by atoms with E-state index in [4.69, 9.17) is 0 Å². The summed E-state index contributed by atoms with van der Waals surface area (Å²) in [6, 6.07) is 0. The molecule has 0 N–H and O–H groups in total. The second-order valence-corrected chi connectivity index (χ2v) is 1.93. The highest BCUT2D eigenvalue weighted by Gasteiger charge is 1.84. The van der Waals surface area contributed by atoms with E-state index in [1.54, 1.807) is 0 Å². The third-order valence-electron chi connectivity index (χ3n) is 1.11. The van der Waals surface area contributed by atoms with Crippen LogP contribution in [0.5, 0.6) is 0 Å². The Bertz CT molecular complexity index is 96.9. The lowest BCUT2D eigenvalue weighted by Gasteiger charge is -1.89. The minimum Gasteiger partial charge on any atom is -0.251 e. The maximum absolute atomic E-state index is 11.5. The molecule has 0 saturated carbocycles. The van der Waals surface area contributed by atoms with Gasteiger partial charge in [-0.3, -0.25) is 4.39 Å². The molecule has 52 valence electrons. The first kappa shape index (κ1) is 8.49. The zero-order chi connectivity index (χ0) is 6.95. The minimum absolute atomic E-state index is 0.181. The highest BCUT2D eigenvalue weighted by atomic mass is 19.1. The first-order chi connectivity index (χ1) is 4.41. The van der Waals surface area contributed by atoms with E-state index in [1.807, 2.05) is 6.92 Å². The molecule has 0 nitrogen and oxygen atoms in total. The van der Waals surface area contributed by atoms with Crippen molar-refractivity contribution in [2.45, 2.75) is 32.6 Å². The van der Waals surface area contributed by atoms with Gasteiger partial charge in [0.25, 0.3) is 0 Å². The number of rotatable bonds is 4. The quantitative estimate of drug-likeness (QED) is 0.403. The molecule has 0 aliphatic heterocycles. The minimum atomic E-state index is -0.181. The van der Waals surface area contributed by atoms with Crippen molar-refractivity contribution in [3.05, 3.63) is 0 Å². The summed E-state index contributed by atoms with van der Waals surface area (Å²) in [7, 11) is 0. The predicted octanol–water partition coefficient (Wildman–Crippen LogP) is 2.54. The van der Waals surface area contributed by atoms with Crippen molar-refractivity contribution in [1.82, 2.24) is 0 Å². The molecule has 0 fully saturated rings. The van der Waals surface area contributed by atoms with Crippen molar-refractivity contribution in [1.29, 1.82) is 0 Å². The zero-order valence-corrected chi connectivity index (χ0v) is 5.91. The largest absolute Gasteiger partial charge is 0.251 e. The maximum Gasteiger partial charge on any atom is 0.0894 e. The molecule has 9 heavy (non-hydrogen) atoms. The van der Waals surface area contributed by atoms with Crippen LogP contribution in [0.3, 0.4) is 0 Å². The summed E-state index contributed by atoms with van der Waals surface area (Å²) < 4.78 is 11.5. The summed E-state index contributed by atoms with van der Waals surface area (Å²) in [6.07, 6.45) is 3.65. The third-order valence-corrected chi connectivity index (χ3v) is 1.11. The molecule has 0 aromatic heterocycles. The standard InChI is InChI=1S/C8H13F/c1-2-3-4-5-6-7-8-9/h4-8H2,1H3. The molecule has 0 atom stereocenters. The van der Waals surface area contributed by atoms with Crippen LogP contribution >= 0.6 is 0 Å². The molecule has 0 aromatic rings. The normalized spacial score (nSPS) is 8.22. The van der Waals surface area contributed by atoms with Gasteiger partial charge in [-0.1, -0.05) is 0 Å². The lowest BCUT2D eigenvalue weighted by molar-refractivity contribution is 0.457. The first-order valence-corrected chi connectivity index (χ1v) is 3.37. The summed E-state index contributed by atoms with van der Waals surface area (Å²) in [5.41, 5.74) is 0. The fourth-order valence-corrected chi connectivity index (χ4v) is 0.610. The number of alkyl halides is 1. The fraction of sp³-hybridized carbons (Fsp3) is 0.750. The molecule has 1 heteroatoms. The van der Waals surface area contributed by atoms with E-state index in [2.05, 4.69) is 11.8 Å². The Morgan fingerprint density at radius 3 is 2.56 bits per heavy atom. The lowest BCUT2D eigenvalue weighted by atomic mass is 10.2. The number of hydrogen-bond donors (Lipinski definition) is 0. The van der Waals surface area contributed by atoms with Crippen LogP contribution in [0.25, 0.3) is 0 Å². The van der Waals surface area contributed by atoms with Crippen molar-refractivity contribution in [3.8, 4) is 11.8 Å². The lowest BCUT2D eigenvalue weighted by Crippen LogP contribution is -1.76. The van der Waals surface area contributed by atoms with Crippen LogP contribution < -0.4 is 0 Å². The van der Waals surface area contributed by atoms with E-state index < -0.39 is 0 Å². The maximum atomic E-state index is 11.5. The van der Waals surface area contributed by atoms with Crippen LogP contribution in [-0.4, -0.2) is 6.67 Å². The Hall–Kier alpha value is -0.510. The molecule has 0 heterocycles. The first-order valence-electron chi connectivity index (χ1n) is 3.37. The van der Waals surface area contributed by atoms with E-state index in [9.17, 15) is 4.39 Å². The molecule has 0 bridgehead atoms. The van der Waals surface area contributed by atoms with Crippen molar-refractivity contribution < 1.29 is 4.39 Å². The Kier molecular flexibility index (Phi) is 7.07. The summed E-state index contributed by atoms with van der Waals surface area (Å²) in [5.74, 6) is 5.74. The van der Waals surface area contributed by atoms with E-state index in [-0.39, 0.29) is 6.67 Å². The van der Waals surface area contributed by atoms with Gasteiger partial charge in [-0.25, -0.2) is 0 Å². The van der Waals surface area contributed by atoms with Crippen molar-refractivity contribution in [2.75, 3.05) is 6.67 Å². The highest BCUT2D eigenvalue weighted by molar-refractivity contribution is 4.94. The van der Waals surface area contributed by atoms with E-state index in [0.717, 1.165) is 19.3 Å². The Morgan fingerprint density at radius 2 is 2.00 bits per heavy atom. The molecule has 0 aliphatic carbocycles. The molecule has 0 spiro atoms. The van der Waals surface area contributed by atoms with E-state index in [1.165, 1.54) is 0 Å².